The highest BCUT2D eigenvalue weighted by atomic mass is 16.6. The average molecular weight is 542 g/mol. The highest BCUT2D eigenvalue weighted by molar-refractivity contribution is 5.93. The molecule has 1 aliphatic carbocycles. The monoisotopic (exact) mass is 541 g/mol. The van der Waals surface area contributed by atoms with Crippen LogP contribution >= 0.6 is 0 Å². The summed E-state index contributed by atoms with van der Waals surface area (Å²) < 4.78 is 11.1. The van der Waals surface area contributed by atoms with Gasteiger partial charge in [0.1, 0.15) is 18.1 Å². The number of pyridine rings is 1. The SMILES string of the molecule is C=C/C=C(\C=C)COC(=O)N1CCC2(C=C(c3ccc(C(=O)N(CC)CC)nc3)c3cc(OC)ccc3C2)CC1. The predicted molar refractivity (Wildman–Crippen MR) is 158 cm³/mol. The Kier molecular flexibility index (Phi) is 9.25. The number of carbonyl (C=O) groups is 2. The number of fused-ring (bicyclic) bond motifs is 1. The first-order valence-electron chi connectivity index (χ1n) is 13.9. The molecule has 2 aromatic rings. The molecular formula is C33H39N3O4. The van der Waals surface area contributed by atoms with E-state index in [9.17, 15) is 9.59 Å². The van der Waals surface area contributed by atoms with Crippen LogP contribution in [0.25, 0.3) is 5.57 Å². The lowest BCUT2D eigenvalue weighted by Gasteiger charge is -2.43. The maximum atomic E-state index is 12.8. The summed E-state index contributed by atoms with van der Waals surface area (Å²) in [6.07, 6.45) is 11.5. The van der Waals surface area contributed by atoms with Crippen LogP contribution < -0.4 is 4.74 Å². The molecule has 7 heteroatoms. The van der Waals surface area contributed by atoms with Crippen molar-refractivity contribution < 1.29 is 19.1 Å². The lowest BCUT2D eigenvalue weighted by molar-refractivity contribution is 0.0766. The quantitative estimate of drug-likeness (QED) is 0.360. The number of carbonyl (C=O) groups excluding carboxylic acids is 2. The Labute approximate surface area is 237 Å². The summed E-state index contributed by atoms with van der Waals surface area (Å²) in [5.74, 6) is 0.732. The lowest BCUT2D eigenvalue weighted by Crippen LogP contribution is -2.44. The van der Waals surface area contributed by atoms with E-state index in [0.717, 1.165) is 47.3 Å². The van der Waals surface area contributed by atoms with Gasteiger partial charge in [-0.25, -0.2) is 4.79 Å². The number of aromatic nitrogens is 1. The molecule has 0 saturated carbocycles. The van der Waals surface area contributed by atoms with E-state index in [2.05, 4.69) is 36.4 Å². The third kappa shape index (κ3) is 6.19. The average Bonchev–Trinajstić information content (AvgIpc) is 2.99. The molecule has 4 rings (SSSR count). The Morgan fingerprint density at radius 2 is 1.88 bits per heavy atom. The van der Waals surface area contributed by atoms with Gasteiger partial charge in [0.15, 0.2) is 0 Å². The summed E-state index contributed by atoms with van der Waals surface area (Å²) in [6, 6.07) is 10.0. The Morgan fingerprint density at radius 1 is 1.12 bits per heavy atom. The van der Waals surface area contributed by atoms with E-state index >= 15 is 0 Å². The van der Waals surface area contributed by atoms with E-state index in [-0.39, 0.29) is 24.0 Å². The summed E-state index contributed by atoms with van der Waals surface area (Å²) in [5, 5.41) is 0. The normalized spacial score (nSPS) is 16.0. The zero-order valence-corrected chi connectivity index (χ0v) is 23.8. The van der Waals surface area contributed by atoms with E-state index in [4.69, 9.17) is 9.47 Å². The van der Waals surface area contributed by atoms with Crippen molar-refractivity contribution in [2.24, 2.45) is 5.41 Å². The second-order valence-electron chi connectivity index (χ2n) is 10.3. The van der Waals surface area contributed by atoms with E-state index < -0.39 is 0 Å². The summed E-state index contributed by atoms with van der Waals surface area (Å²) in [7, 11) is 1.67. The number of nitrogens with zero attached hydrogens (tertiary/aromatic N) is 3. The minimum absolute atomic E-state index is 0.0628. The van der Waals surface area contributed by atoms with Gasteiger partial charge in [-0.2, -0.15) is 0 Å². The molecule has 0 radical (unpaired) electrons. The number of likely N-dealkylation sites (tertiary alicyclic amines) is 1. The van der Waals surface area contributed by atoms with Crippen molar-refractivity contribution in [1.82, 2.24) is 14.8 Å². The van der Waals surface area contributed by atoms with Gasteiger partial charge in [0.2, 0.25) is 0 Å². The number of benzene rings is 1. The maximum absolute atomic E-state index is 12.8. The minimum atomic E-state index is -0.311. The molecule has 0 atom stereocenters. The Bertz CT molecular complexity index is 1310. The molecule has 1 aliphatic heterocycles. The van der Waals surface area contributed by atoms with Gasteiger partial charge in [0, 0.05) is 37.9 Å². The first-order chi connectivity index (χ1) is 19.4. The fourth-order valence-electron chi connectivity index (χ4n) is 5.51. The second kappa shape index (κ2) is 12.8. The molecule has 0 unspecified atom stereocenters. The highest BCUT2D eigenvalue weighted by Crippen LogP contribution is 2.46. The highest BCUT2D eigenvalue weighted by Gasteiger charge is 2.38. The molecule has 2 aliphatic rings. The second-order valence-corrected chi connectivity index (χ2v) is 10.3. The molecule has 2 heterocycles. The minimum Gasteiger partial charge on any atom is -0.497 e. The van der Waals surface area contributed by atoms with Crippen molar-refractivity contribution in [3.63, 3.8) is 0 Å². The van der Waals surface area contributed by atoms with Crippen LogP contribution in [-0.4, -0.2) is 66.7 Å². The van der Waals surface area contributed by atoms with Gasteiger partial charge in [-0.15, -0.1) is 0 Å². The topological polar surface area (TPSA) is 72.0 Å². The number of hydrogen-bond donors (Lipinski definition) is 0. The molecule has 1 fully saturated rings. The van der Waals surface area contributed by atoms with Crippen LogP contribution in [0.2, 0.25) is 0 Å². The van der Waals surface area contributed by atoms with Crippen molar-refractivity contribution in [1.29, 1.82) is 0 Å². The van der Waals surface area contributed by atoms with Crippen LogP contribution in [0.15, 0.2) is 79.6 Å². The molecule has 0 N–H and O–H groups in total. The van der Waals surface area contributed by atoms with Crippen LogP contribution in [-0.2, 0) is 11.2 Å². The smallest absolute Gasteiger partial charge is 0.410 e. The number of hydrogen-bond acceptors (Lipinski definition) is 5. The molecule has 1 saturated heterocycles. The zero-order valence-electron chi connectivity index (χ0n) is 23.8. The van der Waals surface area contributed by atoms with Crippen LogP contribution in [0.3, 0.4) is 0 Å². The summed E-state index contributed by atoms with van der Waals surface area (Å²) in [5.41, 5.74) is 5.54. The van der Waals surface area contributed by atoms with Crippen LogP contribution in [0.4, 0.5) is 4.79 Å². The third-order valence-corrected chi connectivity index (χ3v) is 7.92. The molecule has 210 valence electrons. The molecule has 1 spiro atoms. The number of methoxy groups -OCH3 is 1. The van der Waals surface area contributed by atoms with Crippen molar-refractivity contribution >= 4 is 17.6 Å². The molecule has 2 amide bonds. The van der Waals surface area contributed by atoms with Gasteiger partial charge in [0.05, 0.1) is 7.11 Å². The molecule has 1 aromatic carbocycles. The van der Waals surface area contributed by atoms with Crippen LogP contribution in [0.5, 0.6) is 5.75 Å². The van der Waals surface area contributed by atoms with Gasteiger partial charge < -0.3 is 19.3 Å². The summed E-state index contributed by atoms with van der Waals surface area (Å²) in [6.45, 7) is 14.1. The lowest BCUT2D eigenvalue weighted by atomic mass is 9.67. The van der Waals surface area contributed by atoms with Crippen LogP contribution in [0, 0.1) is 5.41 Å². The number of rotatable bonds is 9. The molecule has 0 bridgehead atoms. The number of piperidine rings is 1. The number of allylic oxidation sites excluding steroid dienone is 3. The fourth-order valence-corrected chi connectivity index (χ4v) is 5.51. The van der Waals surface area contributed by atoms with Gasteiger partial charge in [0.25, 0.3) is 5.91 Å². The Balaban J connectivity index is 1.58. The first-order valence-corrected chi connectivity index (χ1v) is 13.9. The Morgan fingerprint density at radius 3 is 2.48 bits per heavy atom. The van der Waals surface area contributed by atoms with Gasteiger partial charge in [-0.05, 0) is 79.0 Å². The fraction of sp³-hybridized carbons (Fsp3) is 0.364. The molecular weight excluding hydrogens is 502 g/mol. The molecule has 40 heavy (non-hydrogen) atoms. The van der Waals surface area contributed by atoms with Crippen molar-refractivity contribution in [3.05, 3.63) is 102 Å². The van der Waals surface area contributed by atoms with E-state index in [1.54, 1.807) is 41.3 Å². The summed E-state index contributed by atoms with van der Waals surface area (Å²) in [4.78, 5) is 33.7. The standard InChI is InChI=1S/C33H39N3O4/c1-6-10-24(7-2)23-40-32(38)36-17-15-33(16-18-36)20-25-11-13-27(39-5)19-28(25)29(21-33)26-12-14-30(34-22-26)31(37)35(8-3)9-4/h6-7,10-14,19,21-22H,1-2,8-9,15-18,20,23H2,3-5H3/b24-10+. The Hall–Kier alpha value is -4.13. The van der Waals surface area contributed by atoms with E-state index in [0.29, 0.717) is 31.9 Å². The van der Waals surface area contributed by atoms with E-state index in [1.807, 2.05) is 32.0 Å². The van der Waals surface area contributed by atoms with Crippen molar-refractivity contribution in [2.75, 3.05) is 39.9 Å². The number of amides is 2. The largest absolute Gasteiger partial charge is 0.497 e. The van der Waals surface area contributed by atoms with Crippen molar-refractivity contribution in [2.45, 2.75) is 33.1 Å². The molecule has 1 aromatic heterocycles. The van der Waals surface area contributed by atoms with Gasteiger partial charge in [-0.3, -0.25) is 9.78 Å². The number of ether oxygens (including phenoxy) is 2. The van der Waals surface area contributed by atoms with Crippen molar-refractivity contribution in [3.8, 4) is 5.75 Å². The van der Waals surface area contributed by atoms with Crippen LogP contribution in [0.1, 0.15) is 53.9 Å². The third-order valence-electron chi connectivity index (χ3n) is 7.92. The van der Waals surface area contributed by atoms with Gasteiger partial charge >= 0.3 is 6.09 Å². The zero-order chi connectivity index (χ0) is 28.7. The van der Waals surface area contributed by atoms with E-state index in [1.165, 1.54) is 5.56 Å². The van der Waals surface area contributed by atoms with Gasteiger partial charge in [-0.1, -0.05) is 49.6 Å². The summed E-state index contributed by atoms with van der Waals surface area (Å²) >= 11 is 0. The maximum Gasteiger partial charge on any atom is 0.410 e. The predicted octanol–water partition coefficient (Wildman–Crippen LogP) is 6.08. The first kappa shape index (κ1) is 28.9. The molecule has 7 nitrogen and oxygen atoms in total.